The van der Waals surface area contributed by atoms with Crippen molar-refractivity contribution in [2.24, 2.45) is 5.92 Å². The summed E-state index contributed by atoms with van der Waals surface area (Å²) in [4.78, 5) is 7.30. The molecule has 0 spiro atoms. The Bertz CT molecular complexity index is 457. The second-order valence-electron chi connectivity index (χ2n) is 6.55. The first-order chi connectivity index (χ1) is 9.67. The van der Waals surface area contributed by atoms with Gasteiger partial charge in [0.2, 0.25) is 0 Å². The van der Waals surface area contributed by atoms with E-state index in [-0.39, 0.29) is 6.61 Å². The van der Waals surface area contributed by atoms with Gasteiger partial charge in [-0.2, -0.15) is 5.10 Å². The SMILES string of the molecule is CC(C)N1CCCC1Cc1nc2n(n1)CC(CO)CC2. The maximum absolute atomic E-state index is 9.28. The molecule has 0 saturated carbocycles. The van der Waals surface area contributed by atoms with E-state index in [0.29, 0.717) is 18.0 Å². The first-order valence-corrected chi connectivity index (χ1v) is 7.96. The van der Waals surface area contributed by atoms with Crippen LogP contribution in [-0.4, -0.2) is 50.0 Å². The highest BCUT2D eigenvalue weighted by Crippen LogP contribution is 2.24. The van der Waals surface area contributed by atoms with Crippen LogP contribution in [0.15, 0.2) is 0 Å². The van der Waals surface area contributed by atoms with Crippen LogP contribution in [0.3, 0.4) is 0 Å². The highest BCUT2D eigenvalue weighted by atomic mass is 16.3. The summed E-state index contributed by atoms with van der Waals surface area (Å²) in [6.07, 6.45) is 5.53. The van der Waals surface area contributed by atoms with Crippen molar-refractivity contribution in [3.8, 4) is 0 Å². The molecular formula is C15H26N4O. The Hall–Kier alpha value is -0.940. The number of aliphatic hydroxyl groups is 1. The van der Waals surface area contributed by atoms with Crippen molar-refractivity contribution in [2.45, 2.75) is 64.6 Å². The van der Waals surface area contributed by atoms with Crippen molar-refractivity contribution in [3.63, 3.8) is 0 Å². The fraction of sp³-hybridized carbons (Fsp3) is 0.867. The molecule has 1 N–H and O–H groups in total. The standard InChI is InChI=1S/C15H26N4O/c1-11(2)18-7-3-4-13(18)8-14-16-15-6-5-12(10-20)9-19(15)17-14/h11-13,20H,3-10H2,1-2H3. The van der Waals surface area contributed by atoms with Crippen molar-refractivity contribution in [2.75, 3.05) is 13.2 Å². The molecule has 0 amide bonds. The van der Waals surface area contributed by atoms with E-state index in [4.69, 9.17) is 4.98 Å². The number of rotatable bonds is 4. The zero-order chi connectivity index (χ0) is 14.1. The van der Waals surface area contributed by atoms with Gasteiger partial charge in [0.1, 0.15) is 5.82 Å². The molecule has 3 heterocycles. The molecule has 1 aromatic rings. The number of nitrogens with zero attached hydrogens (tertiary/aromatic N) is 4. The molecule has 2 aliphatic heterocycles. The van der Waals surface area contributed by atoms with E-state index in [1.165, 1.54) is 19.4 Å². The summed E-state index contributed by atoms with van der Waals surface area (Å²) in [6, 6.07) is 1.21. The quantitative estimate of drug-likeness (QED) is 0.900. The van der Waals surface area contributed by atoms with Gasteiger partial charge in [0.05, 0.1) is 0 Å². The molecular weight excluding hydrogens is 252 g/mol. The highest BCUT2D eigenvalue weighted by molar-refractivity contribution is 5.00. The van der Waals surface area contributed by atoms with E-state index >= 15 is 0 Å². The summed E-state index contributed by atoms with van der Waals surface area (Å²) in [5, 5.41) is 14.0. The topological polar surface area (TPSA) is 54.2 Å². The van der Waals surface area contributed by atoms with Crippen molar-refractivity contribution < 1.29 is 5.11 Å². The first-order valence-electron chi connectivity index (χ1n) is 7.96. The second-order valence-corrected chi connectivity index (χ2v) is 6.55. The number of hydrogen-bond donors (Lipinski definition) is 1. The molecule has 2 unspecified atom stereocenters. The number of likely N-dealkylation sites (tertiary alicyclic amines) is 1. The first kappa shape index (κ1) is 14.0. The van der Waals surface area contributed by atoms with E-state index in [1.807, 2.05) is 4.68 Å². The maximum Gasteiger partial charge on any atom is 0.152 e. The Morgan fingerprint density at radius 3 is 2.95 bits per heavy atom. The van der Waals surface area contributed by atoms with Gasteiger partial charge in [-0.05, 0) is 39.7 Å². The lowest BCUT2D eigenvalue weighted by atomic mass is 10.0. The molecule has 5 nitrogen and oxygen atoms in total. The minimum Gasteiger partial charge on any atom is -0.396 e. The third-order valence-electron chi connectivity index (χ3n) is 4.76. The molecule has 0 aliphatic carbocycles. The van der Waals surface area contributed by atoms with Crippen LogP contribution in [0.4, 0.5) is 0 Å². The predicted octanol–water partition coefficient (Wildman–Crippen LogP) is 1.25. The fourth-order valence-electron chi connectivity index (χ4n) is 3.63. The van der Waals surface area contributed by atoms with E-state index in [9.17, 15) is 5.11 Å². The van der Waals surface area contributed by atoms with Crippen LogP contribution < -0.4 is 0 Å². The summed E-state index contributed by atoms with van der Waals surface area (Å²) < 4.78 is 2.02. The molecule has 0 aromatic carbocycles. The van der Waals surface area contributed by atoms with E-state index < -0.39 is 0 Å². The van der Waals surface area contributed by atoms with Gasteiger partial charge in [-0.25, -0.2) is 9.67 Å². The normalized spacial score (nSPS) is 27.2. The number of aliphatic hydroxyl groups excluding tert-OH is 1. The van der Waals surface area contributed by atoms with Crippen molar-refractivity contribution >= 4 is 0 Å². The lowest BCUT2D eigenvalue weighted by Crippen LogP contribution is -2.36. The average Bonchev–Trinajstić information content (AvgIpc) is 3.03. The van der Waals surface area contributed by atoms with Gasteiger partial charge in [-0.15, -0.1) is 0 Å². The Balaban J connectivity index is 1.68. The smallest absolute Gasteiger partial charge is 0.152 e. The molecule has 1 saturated heterocycles. The van der Waals surface area contributed by atoms with Gasteiger partial charge < -0.3 is 5.11 Å². The highest BCUT2D eigenvalue weighted by Gasteiger charge is 2.29. The Morgan fingerprint density at radius 2 is 2.20 bits per heavy atom. The van der Waals surface area contributed by atoms with Crippen LogP contribution in [0.2, 0.25) is 0 Å². The fourth-order valence-corrected chi connectivity index (χ4v) is 3.63. The van der Waals surface area contributed by atoms with Crippen molar-refractivity contribution in [1.29, 1.82) is 0 Å². The Labute approximate surface area is 121 Å². The summed E-state index contributed by atoms with van der Waals surface area (Å²) in [5.74, 6) is 2.46. The lowest BCUT2D eigenvalue weighted by molar-refractivity contribution is 0.184. The minimum absolute atomic E-state index is 0.262. The van der Waals surface area contributed by atoms with Gasteiger partial charge in [0.15, 0.2) is 5.82 Å². The molecule has 112 valence electrons. The van der Waals surface area contributed by atoms with E-state index in [1.54, 1.807) is 0 Å². The van der Waals surface area contributed by atoms with Crippen LogP contribution in [0.1, 0.15) is 44.8 Å². The Kier molecular flexibility index (Phi) is 4.08. The number of hydrogen-bond acceptors (Lipinski definition) is 4. The molecule has 2 aliphatic rings. The third-order valence-corrected chi connectivity index (χ3v) is 4.76. The van der Waals surface area contributed by atoms with Gasteiger partial charge in [-0.1, -0.05) is 0 Å². The largest absolute Gasteiger partial charge is 0.396 e. The zero-order valence-corrected chi connectivity index (χ0v) is 12.6. The number of aryl methyl sites for hydroxylation is 1. The average molecular weight is 278 g/mol. The maximum atomic E-state index is 9.28. The molecule has 1 fully saturated rings. The molecule has 2 atom stereocenters. The van der Waals surface area contributed by atoms with Gasteiger partial charge in [0.25, 0.3) is 0 Å². The summed E-state index contributed by atoms with van der Waals surface area (Å²) in [6.45, 7) is 6.85. The van der Waals surface area contributed by atoms with E-state index in [2.05, 4.69) is 23.8 Å². The number of fused-ring (bicyclic) bond motifs is 1. The van der Waals surface area contributed by atoms with Gasteiger partial charge >= 0.3 is 0 Å². The van der Waals surface area contributed by atoms with Crippen molar-refractivity contribution in [1.82, 2.24) is 19.7 Å². The molecule has 0 radical (unpaired) electrons. The summed E-state index contributed by atoms with van der Waals surface area (Å²) >= 11 is 0. The van der Waals surface area contributed by atoms with Crippen LogP contribution in [0.5, 0.6) is 0 Å². The molecule has 0 bridgehead atoms. The van der Waals surface area contributed by atoms with Gasteiger partial charge in [-0.3, -0.25) is 4.90 Å². The summed E-state index contributed by atoms with van der Waals surface area (Å²) in [7, 11) is 0. The predicted molar refractivity (Wildman–Crippen MR) is 77.5 cm³/mol. The van der Waals surface area contributed by atoms with Crippen molar-refractivity contribution in [3.05, 3.63) is 11.6 Å². The van der Waals surface area contributed by atoms with Crippen LogP contribution in [0.25, 0.3) is 0 Å². The summed E-state index contributed by atoms with van der Waals surface area (Å²) in [5.41, 5.74) is 0. The van der Waals surface area contributed by atoms with Crippen LogP contribution >= 0.6 is 0 Å². The number of aromatic nitrogens is 3. The zero-order valence-electron chi connectivity index (χ0n) is 12.6. The lowest BCUT2D eigenvalue weighted by Gasteiger charge is -2.27. The second kappa shape index (κ2) is 5.82. The van der Waals surface area contributed by atoms with Crippen LogP contribution in [-0.2, 0) is 19.4 Å². The van der Waals surface area contributed by atoms with Gasteiger partial charge in [0, 0.05) is 44.0 Å². The van der Waals surface area contributed by atoms with Crippen LogP contribution in [0, 0.1) is 5.92 Å². The molecule has 1 aromatic heterocycles. The Morgan fingerprint density at radius 1 is 1.35 bits per heavy atom. The third kappa shape index (κ3) is 2.74. The molecule has 3 rings (SSSR count). The minimum atomic E-state index is 0.262. The molecule has 5 heteroatoms. The monoisotopic (exact) mass is 278 g/mol. The van der Waals surface area contributed by atoms with E-state index in [0.717, 1.165) is 37.5 Å². The molecule has 20 heavy (non-hydrogen) atoms.